The summed E-state index contributed by atoms with van der Waals surface area (Å²) in [6, 6.07) is 0. The second-order valence-electron chi connectivity index (χ2n) is 7.51. The molecule has 0 unspecified atom stereocenters. The van der Waals surface area contributed by atoms with Gasteiger partial charge in [-0.05, 0) is 82.0 Å². The summed E-state index contributed by atoms with van der Waals surface area (Å²) in [4.78, 5) is 2.69. The van der Waals surface area contributed by atoms with Crippen molar-refractivity contribution in [2.75, 3.05) is 32.7 Å². The maximum absolute atomic E-state index is 3.55. The summed E-state index contributed by atoms with van der Waals surface area (Å²) in [7, 11) is 0. The Balaban J connectivity index is 1.58. The van der Waals surface area contributed by atoms with Gasteiger partial charge in [0.05, 0.1) is 0 Å². The SMILES string of the molecule is CCCNCCC1CC2(CCN(CC(C)C)CC2)C1. The predicted molar refractivity (Wildman–Crippen MR) is 83.4 cm³/mol. The largest absolute Gasteiger partial charge is 0.317 e. The Labute approximate surface area is 120 Å². The number of hydrogen-bond acceptors (Lipinski definition) is 2. The van der Waals surface area contributed by atoms with Crippen molar-refractivity contribution in [1.29, 1.82) is 0 Å². The lowest BCUT2D eigenvalue weighted by atomic mass is 9.57. The molecule has 0 aromatic heterocycles. The van der Waals surface area contributed by atoms with Crippen LogP contribution in [0.5, 0.6) is 0 Å². The fourth-order valence-electron chi connectivity index (χ4n) is 4.11. The number of piperidine rings is 1. The number of rotatable bonds is 7. The van der Waals surface area contributed by atoms with Gasteiger partial charge in [0.15, 0.2) is 0 Å². The van der Waals surface area contributed by atoms with Gasteiger partial charge in [-0.3, -0.25) is 0 Å². The van der Waals surface area contributed by atoms with Crippen LogP contribution in [0.15, 0.2) is 0 Å². The highest BCUT2D eigenvalue weighted by molar-refractivity contribution is 4.97. The quantitative estimate of drug-likeness (QED) is 0.709. The van der Waals surface area contributed by atoms with E-state index in [4.69, 9.17) is 0 Å². The van der Waals surface area contributed by atoms with Crippen LogP contribution in [0.4, 0.5) is 0 Å². The molecule has 19 heavy (non-hydrogen) atoms. The number of likely N-dealkylation sites (tertiary alicyclic amines) is 1. The molecule has 2 heteroatoms. The van der Waals surface area contributed by atoms with E-state index in [0.717, 1.165) is 17.3 Å². The van der Waals surface area contributed by atoms with Gasteiger partial charge < -0.3 is 10.2 Å². The minimum absolute atomic E-state index is 0.767. The van der Waals surface area contributed by atoms with Crippen molar-refractivity contribution in [3.63, 3.8) is 0 Å². The smallest absolute Gasteiger partial charge is 0.000439 e. The Bertz CT molecular complexity index is 246. The molecule has 0 amide bonds. The second-order valence-corrected chi connectivity index (χ2v) is 7.51. The van der Waals surface area contributed by atoms with Crippen molar-refractivity contribution in [2.24, 2.45) is 17.3 Å². The summed E-state index contributed by atoms with van der Waals surface area (Å²) in [6.07, 6.45) is 8.67. The summed E-state index contributed by atoms with van der Waals surface area (Å²) in [5.74, 6) is 1.86. The fourth-order valence-corrected chi connectivity index (χ4v) is 4.11. The molecule has 0 radical (unpaired) electrons. The molecule has 2 aliphatic rings. The molecule has 2 nitrogen and oxygen atoms in total. The summed E-state index contributed by atoms with van der Waals surface area (Å²) in [5, 5.41) is 3.55. The molecule has 1 spiro atoms. The first-order valence-corrected chi connectivity index (χ1v) is 8.56. The molecule has 112 valence electrons. The number of nitrogens with one attached hydrogen (secondary N) is 1. The van der Waals surface area contributed by atoms with E-state index in [9.17, 15) is 0 Å². The lowest BCUT2D eigenvalue weighted by Gasteiger charge is -2.52. The van der Waals surface area contributed by atoms with E-state index in [1.54, 1.807) is 0 Å². The van der Waals surface area contributed by atoms with Gasteiger partial charge in [0.2, 0.25) is 0 Å². The van der Waals surface area contributed by atoms with Crippen molar-refractivity contribution in [3.8, 4) is 0 Å². The van der Waals surface area contributed by atoms with E-state index < -0.39 is 0 Å². The van der Waals surface area contributed by atoms with Crippen molar-refractivity contribution in [3.05, 3.63) is 0 Å². The summed E-state index contributed by atoms with van der Waals surface area (Å²) < 4.78 is 0. The molecular weight excluding hydrogens is 232 g/mol. The Morgan fingerprint density at radius 1 is 1.16 bits per heavy atom. The third-order valence-electron chi connectivity index (χ3n) is 5.14. The van der Waals surface area contributed by atoms with Crippen molar-refractivity contribution in [2.45, 2.75) is 59.3 Å². The first-order chi connectivity index (χ1) is 9.13. The third kappa shape index (κ3) is 4.46. The highest BCUT2D eigenvalue weighted by Gasteiger charge is 2.44. The van der Waals surface area contributed by atoms with E-state index >= 15 is 0 Å². The maximum atomic E-state index is 3.55. The minimum Gasteiger partial charge on any atom is -0.317 e. The molecule has 2 fully saturated rings. The molecule has 1 saturated heterocycles. The topological polar surface area (TPSA) is 15.3 Å². The van der Waals surface area contributed by atoms with E-state index in [1.165, 1.54) is 71.2 Å². The van der Waals surface area contributed by atoms with Crippen molar-refractivity contribution in [1.82, 2.24) is 10.2 Å². The first kappa shape index (κ1) is 15.3. The summed E-state index contributed by atoms with van der Waals surface area (Å²) in [5.41, 5.74) is 0.767. The van der Waals surface area contributed by atoms with Crippen LogP contribution in [-0.4, -0.2) is 37.6 Å². The zero-order chi connectivity index (χ0) is 13.7. The standard InChI is InChI=1S/C17H34N2/c1-4-8-18-9-5-16-12-17(13-16)6-10-19(11-7-17)14-15(2)3/h15-16,18H,4-14H2,1-3H3. The van der Waals surface area contributed by atoms with Gasteiger partial charge in [0.1, 0.15) is 0 Å². The van der Waals surface area contributed by atoms with E-state index in [-0.39, 0.29) is 0 Å². The maximum Gasteiger partial charge on any atom is 0.000439 e. The zero-order valence-corrected chi connectivity index (χ0v) is 13.4. The van der Waals surface area contributed by atoms with Crippen LogP contribution in [-0.2, 0) is 0 Å². The van der Waals surface area contributed by atoms with Crippen LogP contribution in [0.2, 0.25) is 0 Å². The molecule has 0 aromatic rings. The second kappa shape index (κ2) is 7.08. The van der Waals surface area contributed by atoms with Gasteiger partial charge in [0.25, 0.3) is 0 Å². The van der Waals surface area contributed by atoms with Gasteiger partial charge in [-0.25, -0.2) is 0 Å². The molecule has 0 aromatic carbocycles. The predicted octanol–water partition coefficient (Wildman–Crippen LogP) is 3.52. The van der Waals surface area contributed by atoms with E-state index in [1.807, 2.05) is 0 Å². The number of hydrogen-bond donors (Lipinski definition) is 1. The Morgan fingerprint density at radius 3 is 2.42 bits per heavy atom. The van der Waals surface area contributed by atoms with Crippen LogP contribution < -0.4 is 5.32 Å². The lowest BCUT2D eigenvalue weighted by molar-refractivity contribution is -0.0180. The molecule has 1 saturated carbocycles. The Hall–Kier alpha value is -0.0800. The Kier molecular flexibility index (Phi) is 5.70. The molecule has 2 rings (SSSR count). The Morgan fingerprint density at radius 2 is 1.84 bits per heavy atom. The molecular formula is C17H34N2. The average Bonchev–Trinajstić information content (AvgIpc) is 2.34. The van der Waals surface area contributed by atoms with E-state index in [2.05, 4.69) is 31.0 Å². The normalized spacial score (nSPS) is 24.0. The summed E-state index contributed by atoms with van der Waals surface area (Å²) in [6.45, 7) is 13.4. The highest BCUT2D eigenvalue weighted by atomic mass is 15.1. The third-order valence-corrected chi connectivity index (χ3v) is 5.14. The average molecular weight is 266 g/mol. The molecule has 0 bridgehead atoms. The number of nitrogens with zero attached hydrogens (tertiary/aromatic N) is 1. The molecule has 1 aliphatic carbocycles. The van der Waals surface area contributed by atoms with Crippen molar-refractivity contribution < 1.29 is 0 Å². The van der Waals surface area contributed by atoms with Crippen LogP contribution in [0.1, 0.15) is 59.3 Å². The van der Waals surface area contributed by atoms with Crippen LogP contribution >= 0.6 is 0 Å². The van der Waals surface area contributed by atoms with Gasteiger partial charge in [-0.15, -0.1) is 0 Å². The van der Waals surface area contributed by atoms with Crippen LogP contribution in [0.3, 0.4) is 0 Å². The van der Waals surface area contributed by atoms with Gasteiger partial charge >= 0.3 is 0 Å². The monoisotopic (exact) mass is 266 g/mol. The zero-order valence-electron chi connectivity index (χ0n) is 13.4. The van der Waals surface area contributed by atoms with Gasteiger partial charge in [-0.1, -0.05) is 20.8 Å². The van der Waals surface area contributed by atoms with Crippen LogP contribution in [0, 0.1) is 17.3 Å². The molecule has 0 atom stereocenters. The lowest BCUT2D eigenvalue weighted by Crippen LogP contribution is -2.48. The van der Waals surface area contributed by atoms with Gasteiger partial charge in [0, 0.05) is 6.54 Å². The van der Waals surface area contributed by atoms with Gasteiger partial charge in [-0.2, -0.15) is 0 Å². The first-order valence-electron chi connectivity index (χ1n) is 8.56. The van der Waals surface area contributed by atoms with E-state index in [0.29, 0.717) is 0 Å². The highest BCUT2D eigenvalue weighted by Crippen LogP contribution is 2.53. The van der Waals surface area contributed by atoms with Crippen molar-refractivity contribution >= 4 is 0 Å². The summed E-state index contributed by atoms with van der Waals surface area (Å²) >= 11 is 0. The molecule has 1 aliphatic heterocycles. The molecule has 1 heterocycles. The van der Waals surface area contributed by atoms with Crippen LogP contribution in [0.25, 0.3) is 0 Å². The fraction of sp³-hybridized carbons (Fsp3) is 1.00. The minimum atomic E-state index is 0.767. The molecule has 1 N–H and O–H groups in total.